The van der Waals surface area contributed by atoms with Crippen LogP contribution in [0, 0.1) is 0 Å². The van der Waals surface area contributed by atoms with E-state index in [4.69, 9.17) is 9.84 Å². The van der Waals surface area contributed by atoms with E-state index in [2.05, 4.69) is 0 Å². The molecule has 1 rings (SSSR count). The van der Waals surface area contributed by atoms with Crippen molar-refractivity contribution < 1.29 is 19.4 Å². The van der Waals surface area contributed by atoms with Crippen LogP contribution in [0.4, 0.5) is 4.79 Å². The molecule has 0 aliphatic carbocycles. The van der Waals surface area contributed by atoms with E-state index in [1.807, 2.05) is 0 Å². The van der Waals surface area contributed by atoms with Crippen molar-refractivity contribution in [2.75, 3.05) is 6.61 Å². The summed E-state index contributed by atoms with van der Waals surface area (Å²) < 4.78 is 5.34. The van der Waals surface area contributed by atoms with Gasteiger partial charge in [-0.15, -0.1) is 0 Å². The first-order chi connectivity index (χ1) is 6.84. The fourth-order valence-electron chi connectivity index (χ4n) is 1.59. The number of ether oxygens (including phenoxy) is 1. The van der Waals surface area contributed by atoms with Gasteiger partial charge in [0.2, 0.25) is 0 Å². The van der Waals surface area contributed by atoms with Crippen molar-refractivity contribution in [1.82, 2.24) is 4.90 Å². The van der Waals surface area contributed by atoms with Crippen LogP contribution in [0.1, 0.15) is 20.8 Å². The molecule has 0 radical (unpaired) electrons. The first-order valence-corrected chi connectivity index (χ1v) is 4.69. The molecule has 15 heavy (non-hydrogen) atoms. The molecule has 0 saturated carbocycles. The third-order valence-corrected chi connectivity index (χ3v) is 2.28. The predicted molar refractivity (Wildman–Crippen MR) is 53.5 cm³/mol. The average Bonchev–Trinajstić information content (AvgIpc) is 2.37. The summed E-state index contributed by atoms with van der Waals surface area (Å²) in [6.45, 7) is 5.07. The molecule has 1 saturated heterocycles. The molecule has 0 aromatic heterocycles. The van der Waals surface area contributed by atoms with Crippen LogP contribution in [0.15, 0.2) is 12.2 Å². The molecule has 1 fully saturated rings. The molecular weight excluding hydrogens is 198 g/mol. The zero-order chi connectivity index (χ0) is 11.6. The molecule has 1 heterocycles. The second-order valence-corrected chi connectivity index (χ2v) is 3.95. The largest absolute Gasteiger partial charge is 0.465 e. The van der Waals surface area contributed by atoms with Crippen LogP contribution >= 0.6 is 0 Å². The second kappa shape index (κ2) is 4.02. The van der Waals surface area contributed by atoms with Gasteiger partial charge in [-0.2, -0.15) is 0 Å². The highest BCUT2D eigenvalue weighted by Crippen LogP contribution is 2.27. The first kappa shape index (κ1) is 11.7. The highest BCUT2D eigenvalue weighted by molar-refractivity contribution is 5.87. The lowest BCUT2D eigenvalue weighted by molar-refractivity contribution is -0.112. The van der Waals surface area contributed by atoms with Gasteiger partial charge in [-0.3, -0.25) is 9.69 Å². The van der Waals surface area contributed by atoms with Crippen LogP contribution in [0.5, 0.6) is 0 Å². The monoisotopic (exact) mass is 213 g/mol. The smallest absolute Gasteiger partial charge is 0.410 e. The number of rotatable bonds is 2. The highest BCUT2D eigenvalue weighted by atomic mass is 16.5. The number of ketones is 1. The van der Waals surface area contributed by atoms with Gasteiger partial charge in [-0.25, -0.2) is 4.79 Å². The van der Waals surface area contributed by atoms with Crippen molar-refractivity contribution in [2.45, 2.75) is 32.5 Å². The standard InChI is InChI=1S/C10H15NO4/c1-7(12)4-5-8-6-15-10(2,3)11(8)9(13)14/h4-5,8H,6H2,1-3H3,(H,13,14)/b5-4+/t8-/m0/s1. The van der Waals surface area contributed by atoms with Crippen LogP contribution in [0.25, 0.3) is 0 Å². The van der Waals surface area contributed by atoms with Crippen molar-refractivity contribution in [3.8, 4) is 0 Å². The van der Waals surface area contributed by atoms with Crippen LogP contribution in [0.3, 0.4) is 0 Å². The van der Waals surface area contributed by atoms with Gasteiger partial charge < -0.3 is 9.84 Å². The van der Waals surface area contributed by atoms with Crippen molar-refractivity contribution >= 4 is 11.9 Å². The summed E-state index contributed by atoms with van der Waals surface area (Å²) >= 11 is 0. The van der Waals surface area contributed by atoms with Crippen molar-refractivity contribution in [3.05, 3.63) is 12.2 Å². The predicted octanol–water partition coefficient (Wildman–Crippen LogP) is 1.25. The number of carboxylic acid groups (broad SMARTS) is 1. The molecular formula is C10H15NO4. The van der Waals surface area contributed by atoms with E-state index in [0.717, 1.165) is 0 Å². The lowest BCUT2D eigenvalue weighted by atomic mass is 10.2. The Morgan fingerprint density at radius 2 is 2.13 bits per heavy atom. The Kier molecular flexibility index (Phi) is 3.14. The molecule has 1 N–H and O–H groups in total. The van der Waals surface area contributed by atoms with Gasteiger partial charge in [0.25, 0.3) is 0 Å². The van der Waals surface area contributed by atoms with Gasteiger partial charge in [0.05, 0.1) is 12.6 Å². The minimum atomic E-state index is -1.05. The Hall–Kier alpha value is -1.36. The summed E-state index contributed by atoms with van der Waals surface area (Å²) in [4.78, 5) is 22.9. The topological polar surface area (TPSA) is 66.8 Å². The lowest BCUT2D eigenvalue weighted by Crippen LogP contribution is -2.46. The summed E-state index contributed by atoms with van der Waals surface area (Å²) in [5, 5.41) is 9.01. The van der Waals surface area contributed by atoms with E-state index in [0.29, 0.717) is 0 Å². The minimum absolute atomic E-state index is 0.106. The molecule has 0 aromatic rings. The number of hydrogen-bond acceptors (Lipinski definition) is 3. The van der Waals surface area contributed by atoms with E-state index in [-0.39, 0.29) is 18.4 Å². The molecule has 1 atom stereocenters. The molecule has 1 aliphatic heterocycles. The highest BCUT2D eigenvalue weighted by Gasteiger charge is 2.42. The van der Waals surface area contributed by atoms with Crippen molar-refractivity contribution in [2.24, 2.45) is 0 Å². The quantitative estimate of drug-likeness (QED) is 0.701. The minimum Gasteiger partial charge on any atom is -0.465 e. The number of hydrogen-bond donors (Lipinski definition) is 1. The lowest BCUT2D eigenvalue weighted by Gasteiger charge is -2.29. The Balaban J connectivity index is 2.83. The van der Waals surface area contributed by atoms with E-state index >= 15 is 0 Å². The molecule has 0 unspecified atom stereocenters. The van der Waals surface area contributed by atoms with Gasteiger partial charge >= 0.3 is 6.09 Å². The molecule has 1 aliphatic rings. The summed E-state index contributed by atoms with van der Waals surface area (Å²) in [7, 11) is 0. The van der Waals surface area contributed by atoms with Crippen molar-refractivity contribution in [1.29, 1.82) is 0 Å². The zero-order valence-corrected chi connectivity index (χ0v) is 9.06. The number of nitrogens with zero attached hydrogens (tertiary/aromatic N) is 1. The van der Waals surface area contributed by atoms with Crippen LogP contribution in [-0.4, -0.2) is 40.3 Å². The molecule has 0 spiro atoms. The molecule has 5 nitrogen and oxygen atoms in total. The van der Waals surface area contributed by atoms with Gasteiger partial charge in [0, 0.05) is 0 Å². The number of allylic oxidation sites excluding steroid dienone is 1. The molecule has 5 heteroatoms. The van der Waals surface area contributed by atoms with E-state index in [1.165, 1.54) is 17.9 Å². The SMILES string of the molecule is CC(=O)/C=C/[C@H]1COC(C)(C)N1C(=O)O. The van der Waals surface area contributed by atoms with Crippen LogP contribution < -0.4 is 0 Å². The zero-order valence-electron chi connectivity index (χ0n) is 9.06. The summed E-state index contributed by atoms with van der Waals surface area (Å²) in [6, 6.07) is -0.388. The number of amides is 1. The Labute approximate surface area is 88.3 Å². The summed E-state index contributed by atoms with van der Waals surface area (Å²) in [5.41, 5.74) is -0.836. The molecule has 0 bridgehead atoms. The fraction of sp³-hybridized carbons (Fsp3) is 0.600. The van der Waals surface area contributed by atoms with Gasteiger partial charge in [-0.05, 0) is 26.8 Å². The van der Waals surface area contributed by atoms with Crippen LogP contribution in [-0.2, 0) is 9.53 Å². The van der Waals surface area contributed by atoms with Crippen molar-refractivity contribution in [3.63, 3.8) is 0 Å². The first-order valence-electron chi connectivity index (χ1n) is 4.69. The Bertz CT molecular complexity index is 309. The maximum Gasteiger partial charge on any atom is 0.410 e. The number of carbonyl (C=O) groups is 2. The average molecular weight is 213 g/mol. The van der Waals surface area contributed by atoms with Gasteiger partial charge in [-0.1, -0.05) is 6.08 Å². The summed E-state index contributed by atoms with van der Waals surface area (Å²) in [5.74, 6) is -0.106. The van der Waals surface area contributed by atoms with Gasteiger partial charge in [0.15, 0.2) is 5.78 Å². The Morgan fingerprint density at radius 1 is 1.53 bits per heavy atom. The van der Waals surface area contributed by atoms with E-state index in [1.54, 1.807) is 19.9 Å². The van der Waals surface area contributed by atoms with Crippen LogP contribution in [0.2, 0.25) is 0 Å². The maximum atomic E-state index is 11.0. The number of carbonyl (C=O) groups excluding carboxylic acids is 1. The normalized spacial score (nSPS) is 24.7. The fourth-order valence-corrected chi connectivity index (χ4v) is 1.59. The third-order valence-electron chi connectivity index (χ3n) is 2.28. The molecule has 0 aromatic carbocycles. The van der Waals surface area contributed by atoms with E-state index in [9.17, 15) is 9.59 Å². The summed E-state index contributed by atoms with van der Waals surface area (Å²) in [6.07, 6.45) is 1.88. The van der Waals surface area contributed by atoms with Gasteiger partial charge in [0.1, 0.15) is 5.72 Å². The molecule has 1 amide bonds. The molecule has 84 valence electrons. The maximum absolute atomic E-state index is 11.0. The third kappa shape index (κ3) is 2.56. The second-order valence-electron chi connectivity index (χ2n) is 3.95. The van der Waals surface area contributed by atoms with E-state index < -0.39 is 11.8 Å². The Morgan fingerprint density at radius 3 is 2.60 bits per heavy atom.